The minimum absolute atomic E-state index is 0.344. The summed E-state index contributed by atoms with van der Waals surface area (Å²) in [7, 11) is 0. The number of benzene rings is 1. The molecule has 1 heterocycles. The summed E-state index contributed by atoms with van der Waals surface area (Å²) < 4.78 is 5.24. The van der Waals surface area contributed by atoms with Crippen molar-refractivity contribution < 1.29 is 14.3 Å². The number of thiophene rings is 1. The van der Waals surface area contributed by atoms with Gasteiger partial charge < -0.3 is 10.1 Å². The quantitative estimate of drug-likeness (QED) is 0.853. The number of carbonyl (C=O) groups excluding carboxylic acids is 2. The van der Waals surface area contributed by atoms with Gasteiger partial charge in [0.05, 0.1) is 0 Å². The number of hydrogen-bond donors (Lipinski definition) is 1. The summed E-state index contributed by atoms with van der Waals surface area (Å²) in [5.41, 5.74) is 1.76. The molecule has 0 aliphatic carbocycles. The van der Waals surface area contributed by atoms with Crippen molar-refractivity contribution >= 4 is 28.9 Å². The molecule has 2 aromatic rings. The molecule has 0 saturated carbocycles. The maximum absolute atomic E-state index is 12.1. The van der Waals surface area contributed by atoms with E-state index in [1.807, 2.05) is 38.1 Å². The van der Waals surface area contributed by atoms with Gasteiger partial charge in [-0.2, -0.15) is 0 Å². The molecule has 4 nitrogen and oxygen atoms in total. The molecule has 0 saturated heterocycles. The maximum Gasteiger partial charge on any atom is 0.349 e. The highest BCUT2D eigenvalue weighted by molar-refractivity contribution is 7.14. The molecular weight excluding hydrogens is 298 g/mol. The smallest absolute Gasteiger partial charge is 0.349 e. The lowest BCUT2D eigenvalue weighted by atomic mass is 10.2. The first-order valence-electron chi connectivity index (χ1n) is 7.17. The summed E-state index contributed by atoms with van der Waals surface area (Å²) in [6.07, 6.45) is 0.0357. The molecule has 0 unspecified atom stereocenters. The average molecular weight is 317 g/mol. The van der Waals surface area contributed by atoms with Gasteiger partial charge in [0.1, 0.15) is 4.88 Å². The Kier molecular flexibility index (Phi) is 5.33. The molecule has 116 valence electrons. The lowest BCUT2D eigenvalue weighted by Gasteiger charge is -2.12. The fraction of sp³-hybridized carbons (Fsp3) is 0.294. The molecule has 0 radical (unpaired) electrons. The van der Waals surface area contributed by atoms with Crippen LogP contribution in [-0.4, -0.2) is 18.0 Å². The molecule has 1 atom stereocenters. The van der Waals surface area contributed by atoms with E-state index >= 15 is 0 Å². The molecule has 1 aromatic carbocycles. The van der Waals surface area contributed by atoms with Crippen LogP contribution in [0.2, 0.25) is 0 Å². The third kappa shape index (κ3) is 3.95. The van der Waals surface area contributed by atoms with Crippen LogP contribution in [0, 0.1) is 6.92 Å². The van der Waals surface area contributed by atoms with Crippen LogP contribution in [0.15, 0.2) is 36.4 Å². The van der Waals surface area contributed by atoms with Crippen molar-refractivity contribution in [2.45, 2.75) is 33.3 Å². The van der Waals surface area contributed by atoms with Gasteiger partial charge in [-0.1, -0.05) is 25.1 Å². The van der Waals surface area contributed by atoms with Crippen LogP contribution in [0.4, 0.5) is 5.69 Å². The number of amides is 1. The molecule has 22 heavy (non-hydrogen) atoms. The Hall–Kier alpha value is -2.14. The number of rotatable bonds is 5. The number of nitrogens with one attached hydrogen (secondary N) is 1. The van der Waals surface area contributed by atoms with Crippen molar-refractivity contribution in [3.63, 3.8) is 0 Å². The standard InChI is InChI=1S/C17H19NO3S/c1-4-14-11(2)10-15(22-14)17(20)21-12(3)16(19)18-13-8-6-5-7-9-13/h5-10,12H,4H2,1-3H3,(H,18,19)/t12-/m1/s1. The van der Waals surface area contributed by atoms with E-state index in [4.69, 9.17) is 4.74 Å². The van der Waals surface area contributed by atoms with E-state index in [0.717, 1.165) is 16.9 Å². The predicted octanol–water partition coefficient (Wildman–Crippen LogP) is 3.80. The molecule has 0 fully saturated rings. The van der Waals surface area contributed by atoms with E-state index in [1.54, 1.807) is 19.1 Å². The molecule has 0 aliphatic rings. The number of ether oxygens (including phenoxy) is 1. The Labute approximate surface area is 134 Å². The Bertz CT molecular complexity index is 664. The Morgan fingerprint density at radius 1 is 1.27 bits per heavy atom. The highest BCUT2D eigenvalue weighted by Crippen LogP contribution is 2.23. The third-order valence-electron chi connectivity index (χ3n) is 3.24. The molecule has 2 rings (SSSR count). The van der Waals surface area contributed by atoms with Gasteiger partial charge in [-0.15, -0.1) is 11.3 Å². The Morgan fingerprint density at radius 3 is 2.55 bits per heavy atom. The second-order valence-electron chi connectivity index (χ2n) is 4.97. The van der Waals surface area contributed by atoms with E-state index in [9.17, 15) is 9.59 Å². The van der Waals surface area contributed by atoms with Crippen LogP contribution < -0.4 is 5.32 Å². The topological polar surface area (TPSA) is 55.4 Å². The van der Waals surface area contributed by atoms with E-state index in [-0.39, 0.29) is 5.91 Å². The zero-order valence-electron chi connectivity index (χ0n) is 12.9. The van der Waals surface area contributed by atoms with E-state index in [2.05, 4.69) is 5.32 Å². The van der Waals surface area contributed by atoms with Gasteiger partial charge in [0, 0.05) is 10.6 Å². The third-order valence-corrected chi connectivity index (χ3v) is 4.60. The number of aryl methyl sites for hydroxylation is 2. The highest BCUT2D eigenvalue weighted by atomic mass is 32.1. The molecule has 0 bridgehead atoms. The lowest BCUT2D eigenvalue weighted by Crippen LogP contribution is -2.29. The van der Waals surface area contributed by atoms with Gasteiger partial charge in [0.25, 0.3) is 5.91 Å². The Balaban J connectivity index is 1.97. The van der Waals surface area contributed by atoms with Gasteiger partial charge in [0.2, 0.25) is 0 Å². The number of anilines is 1. The van der Waals surface area contributed by atoms with Crippen LogP contribution in [0.1, 0.15) is 34.0 Å². The van der Waals surface area contributed by atoms with Crippen LogP contribution in [0.3, 0.4) is 0 Å². The predicted molar refractivity (Wildman–Crippen MR) is 88.4 cm³/mol. The first-order chi connectivity index (χ1) is 10.5. The average Bonchev–Trinajstić information content (AvgIpc) is 2.89. The first kappa shape index (κ1) is 16.2. The van der Waals surface area contributed by atoms with Crippen molar-refractivity contribution in [1.82, 2.24) is 0 Å². The van der Waals surface area contributed by atoms with Crippen molar-refractivity contribution in [2.75, 3.05) is 5.32 Å². The van der Waals surface area contributed by atoms with Crippen molar-refractivity contribution in [1.29, 1.82) is 0 Å². The minimum atomic E-state index is -0.847. The zero-order chi connectivity index (χ0) is 16.1. The fourth-order valence-corrected chi connectivity index (χ4v) is 3.01. The summed E-state index contributed by atoms with van der Waals surface area (Å²) in [6, 6.07) is 10.9. The van der Waals surface area contributed by atoms with Gasteiger partial charge in [-0.25, -0.2) is 4.79 Å². The molecule has 0 spiro atoms. The SMILES string of the molecule is CCc1sc(C(=O)O[C@H](C)C(=O)Nc2ccccc2)cc1C. The number of esters is 1. The fourth-order valence-electron chi connectivity index (χ4n) is 2.01. The number of para-hydroxylation sites is 1. The van der Waals surface area contributed by atoms with Crippen LogP contribution in [0.5, 0.6) is 0 Å². The summed E-state index contributed by atoms with van der Waals surface area (Å²) in [6.45, 7) is 5.58. The van der Waals surface area contributed by atoms with Gasteiger partial charge in [0.15, 0.2) is 6.10 Å². The molecule has 1 N–H and O–H groups in total. The normalized spacial score (nSPS) is 11.8. The highest BCUT2D eigenvalue weighted by Gasteiger charge is 2.20. The van der Waals surface area contributed by atoms with Gasteiger partial charge in [-0.05, 0) is 44.0 Å². The second-order valence-corrected chi connectivity index (χ2v) is 6.11. The van der Waals surface area contributed by atoms with E-state index in [1.165, 1.54) is 11.3 Å². The molecular formula is C17H19NO3S. The molecule has 5 heteroatoms. The van der Waals surface area contributed by atoms with Gasteiger partial charge >= 0.3 is 5.97 Å². The summed E-state index contributed by atoms with van der Waals surface area (Å²) >= 11 is 1.42. The molecule has 1 aromatic heterocycles. The zero-order valence-corrected chi connectivity index (χ0v) is 13.7. The first-order valence-corrected chi connectivity index (χ1v) is 7.99. The van der Waals surface area contributed by atoms with Gasteiger partial charge in [-0.3, -0.25) is 4.79 Å². The van der Waals surface area contributed by atoms with E-state index in [0.29, 0.717) is 10.6 Å². The summed E-state index contributed by atoms with van der Waals surface area (Å²) in [5, 5.41) is 2.71. The van der Waals surface area contributed by atoms with Crippen LogP contribution >= 0.6 is 11.3 Å². The Morgan fingerprint density at radius 2 is 1.95 bits per heavy atom. The monoisotopic (exact) mass is 317 g/mol. The maximum atomic E-state index is 12.1. The van der Waals surface area contributed by atoms with Crippen molar-refractivity contribution in [2.24, 2.45) is 0 Å². The van der Waals surface area contributed by atoms with E-state index < -0.39 is 12.1 Å². The number of hydrogen-bond acceptors (Lipinski definition) is 4. The number of carbonyl (C=O) groups is 2. The minimum Gasteiger partial charge on any atom is -0.448 e. The summed E-state index contributed by atoms with van der Waals surface area (Å²) in [5.74, 6) is -0.799. The molecule has 0 aliphatic heterocycles. The summed E-state index contributed by atoms with van der Waals surface area (Å²) in [4.78, 5) is 25.8. The lowest BCUT2D eigenvalue weighted by molar-refractivity contribution is -0.123. The van der Waals surface area contributed by atoms with Crippen LogP contribution in [0.25, 0.3) is 0 Å². The van der Waals surface area contributed by atoms with Crippen LogP contribution in [-0.2, 0) is 16.0 Å². The molecule has 1 amide bonds. The van der Waals surface area contributed by atoms with Crippen molar-refractivity contribution in [3.8, 4) is 0 Å². The van der Waals surface area contributed by atoms with Crippen molar-refractivity contribution in [3.05, 3.63) is 51.7 Å². The largest absolute Gasteiger partial charge is 0.448 e. The second kappa shape index (κ2) is 7.22.